The second kappa shape index (κ2) is 5.78. The van der Waals surface area contributed by atoms with Gasteiger partial charge in [0.25, 0.3) is 0 Å². The van der Waals surface area contributed by atoms with Crippen LogP contribution in [0.5, 0.6) is 0 Å². The predicted molar refractivity (Wildman–Crippen MR) is 70.1 cm³/mol. The second-order valence-corrected chi connectivity index (χ2v) is 5.48. The summed E-state index contributed by atoms with van der Waals surface area (Å²) >= 11 is 0. The van der Waals surface area contributed by atoms with Gasteiger partial charge in [0.2, 0.25) is 0 Å². The number of nitrogens with zero attached hydrogens (tertiary/aromatic N) is 1. The van der Waals surface area contributed by atoms with Crippen molar-refractivity contribution in [2.24, 2.45) is 0 Å². The maximum absolute atomic E-state index is 12.2. The number of rotatable bonds is 4. The van der Waals surface area contributed by atoms with Gasteiger partial charge in [-0.25, -0.2) is 0 Å². The van der Waals surface area contributed by atoms with Gasteiger partial charge >= 0.3 is 0 Å². The van der Waals surface area contributed by atoms with Crippen LogP contribution in [0.4, 0.5) is 0 Å². The molecule has 2 fully saturated rings. The second-order valence-electron chi connectivity index (χ2n) is 5.48. The maximum Gasteiger partial charge on any atom is 0.153 e. The third-order valence-electron chi connectivity index (χ3n) is 3.92. The molecule has 0 aromatic heterocycles. The van der Waals surface area contributed by atoms with E-state index in [1.165, 1.54) is 19.3 Å². The molecule has 2 heterocycles. The fourth-order valence-corrected chi connectivity index (χ4v) is 3.13. The van der Waals surface area contributed by atoms with Crippen LogP contribution in [0, 0.1) is 0 Å². The van der Waals surface area contributed by atoms with Crippen LogP contribution in [0.2, 0.25) is 0 Å². The molecule has 0 aromatic rings. The number of piperidine rings is 1. The number of ketones is 1. The molecule has 0 spiro atoms. The van der Waals surface area contributed by atoms with Crippen LogP contribution in [0.15, 0.2) is 12.2 Å². The molecule has 0 radical (unpaired) electrons. The van der Waals surface area contributed by atoms with E-state index < -0.39 is 0 Å². The number of carbonyl (C=O) groups excluding carboxylic acids is 1. The van der Waals surface area contributed by atoms with Crippen molar-refractivity contribution in [2.75, 3.05) is 19.6 Å². The highest BCUT2D eigenvalue weighted by Crippen LogP contribution is 2.26. The Labute approximate surface area is 104 Å². The lowest BCUT2D eigenvalue weighted by molar-refractivity contribution is -0.123. The first-order valence-electron chi connectivity index (χ1n) is 6.82. The smallest absolute Gasteiger partial charge is 0.153 e. The normalized spacial score (nSPS) is 27.2. The fraction of sp³-hybridized carbons (Fsp3) is 0.786. The quantitative estimate of drug-likeness (QED) is 0.755. The van der Waals surface area contributed by atoms with Crippen molar-refractivity contribution in [1.29, 1.82) is 0 Å². The minimum atomic E-state index is 0.176. The molecule has 1 N–H and O–H groups in total. The molecule has 1 atom stereocenters. The molecule has 3 nitrogen and oxygen atoms in total. The van der Waals surface area contributed by atoms with Crippen molar-refractivity contribution in [3.05, 3.63) is 12.2 Å². The van der Waals surface area contributed by atoms with E-state index >= 15 is 0 Å². The van der Waals surface area contributed by atoms with Crippen LogP contribution in [-0.4, -0.2) is 42.4 Å². The Balaban J connectivity index is 1.96. The summed E-state index contributed by atoms with van der Waals surface area (Å²) in [5.41, 5.74) is 0.993. The third-order valence-corrected chi connectivity index (χ3v) is 3.92. The van der Waals surface area contributed by atoms with Crippen molar-refractivity contribution >= 4 is 5.78 Å². The van der Waals surface area contributed by atoms with Gasteiger partial charge in [-0.05, 0) is 52.2 Å². The van der Waals surface area contributed by atoms with Crippen molar-refractivity contribution in [3.8, 4) is 0 Å². The van der Waals surface area contributed by atoms with E-state index in [1.807, 2.05) is 6.92 Å². The van der Waals surface area contributed by atoms with Gasteiger partial charge in [-0.3, -0.25) is 9.69 Å². The Morgan fingerprint density at radius 3 is 2.71 bits per heavy atom. The lowest BCUT2D eigenvalue weighted by Crippen LogP contribution is -2.47. The molecule has 2 aliphatic heterocycles. The summed E-state index contributed by atoms with van der Waals surface area (Å²) in [7, 11) is 0. The molecule has 17 heavy (non-hydrogen) atoms. The molecule has 2 aliphatic rings. The summed E-state index contributed by atoms with van der Waals surface area (Å²) in [5.74, 6) is 0.383. The number of likely N-dealkylation sites (tertiary alicyclic amines) is 1. The van der Waals surface area contributed by atoms with Crippen molar-refractivity contribution in [1.82, 2.24) is 10.2 Å². The number of hydrogen-bond donors (Lipinski definition) is 1. The maximum atomic E-state index is 12.2. The third kappa shape index (κ3) is 3.17. The van der Waals surface area contributed by atoms with Gasteiger partial charge < -0.3 is 5.32 Å². The lowest BCUT2D eigenvalue weighted by Gasteiger charge is -2.35. The van der Waals surface area contributed by atoms with E-state index in [0.29, 0.717) is 18.2 Å². The number of hydrogen-bond acceptors (Lipinski definition) is 3. The molecule has 96 valence electrons. The standard InChI is InChI=1S/C14H24N2O/c1-11(2)10-14(17)13-4-3-9-16(13)12-5-7-15-8-6-12/h12-13,15H,1,3-10H2,2H3. The molecule has 0 aliphatic carbocycles. The van der Waals surface area contributed by atoms with E-state index in [1.54, 1.807) is 0 Å². The molecule has 3 heteroatoms. The summed E-state index contributed by atoms with van der Waals surface area (Å²) in [6.07, 6.45) is 5.17. The molecule has 2 rings (SSSR count). The van der Waals surface area contributed by atoms with Gasteiger partial charge in [0.15, 0.2) is 5.78 Å². The summed E-state index contributed by atoms with van der Waals surface area (Å²) in [6, 6.07) is 0.799. The zero-order valence-corrected chi connectivity index (χ0v) is 10.9. The van der Waals surface area contributed by atoms with Crippen molar-refractivity contribution in [2.45, 2.75) is 51.1 Å². The molecule has 2 saturated heterocycles. The highest BCUT2D eigenvalue weighted by molar-refractivity contribution is 5.86. The topological polar surface area (TPSA) is 32.3 Å². The van der Waals surface area contributed by atoms with Gasteiger partial charge in [0.05, 0.1) is 6.04 Å². The molecule has 0 amide bonds. The monoisotopic (exact) mass is 236 g/mol. The first kappa shape index (κ1) is 12.8. The Bertz CT molecular complexity index is 295. The van der Waals surface area contributed by atoms with Crippen LogP contribution in [0.1, 0.15) is 39.0 Å². The predicted octanol–water partition coefficient (Wildman–Crippen LogP) is 1.74. The average Bonchev–Trinajstić information content (AvgIpc) is 2.78. The molecular formula is C14H24N2O. The first-order chi connectivity index (χ1) is 8.18. The van der Waals surface area contributed by atoms with E-state index in [4.69, 9.17) is 0 Å². The first-order valence-corrected chi connectivity index (χ1v) is 6.82. The van der Waals surface area contributed by atoms with Crippen LogP contribution >= 0.6 is 0 Å². The number of carbonyl (C=O) groups is 1. The van der Waals surface area contributed by atoms with Gasteiger partial charge in [-0.1, -0.05) is 12.2 Å². The summed E-state index contributed by atoms with van der Waals surface area (Å²) < 4.78 is 0. The Kier molecular flexibility index (Phi) is 4.35. The fourth-order valence-electron chi connectivity index (χ4n) is 3.13. The minimum Gasteiger partial charge on any atom is -0.317 e. The zero-order chi connectivity index (χ0) is 12.3. The largest absolute Gasteiger partial charge is 0.317 e. The summed E-state index contributed by atoms with van der Waals surface area (Å²) in [6.45, 7) is 9.11. The van der Waals surface area contributed by atoms with Gasteiger partial charge in [-0.2, -0.15) is 0 Å². The van der Waals surface area contributed by atoms with Crippen LogP contribution in [0.3, 0.4) is 0 Å². The number of nitrogens with one attached hydrogen (secondary N) is 1. The van der Waals surface area contributed by atoms with E-state index in [2.05, 4.69) is 16.8 Å². The van der Waals surface area contributed by atoms with Crippen LogP contribution < -0.4 is 5.32 Å². The minimum absolute atomic E-state index is 0.176. The molecule has 0 bridgehead atoms. The van der Waals surface area contributed by atoms with E-state index in [9.17, 15) is 4.79 Å². The molecule has 0 saturated carbocycles. The number of Topliss-reactive ketones (excluding diaryl/α,β-unsaturated/α-hetero) is 1. The van der Waals surface area contributed by atoms with Crippen molar-refractivity contribution < 1.29 is 4.79 Å². The molecule has 0 aromatic carbocycles. The van der Waals surface area contributed by atoms with Crippen LogP contribution in [-0.2, 0) is 4.79 Å². The van der Waals surface area contributed by atoms with E-state index in [-0.39, 0.29) is 6.04 Å². The Morgan fingerprint density at radius 1 is 1.35 bits per heavy atom. The van der Waals surface area contributed by atoms with Crippen molar-refractivity contribution in [3.63, 3.8) is 0 Å². The van der Waals surface area contributed by atoms with E-state index in [0.717, 1.165) is 31.6 Å². The summed E-state index contributed by atoms with van der Waals surface area (Å²) in [4.78, 5) is 14.7. The lowest BCUT2D eigenvalue weighted by atomic mass is 9.99. The molecular weight excluding hydrogens is 212 g/mol. The summed E-state index contributed by atoms with van der Waals surface area (Å²) in [5, 5.41) is 3.39. The highest BCUT2D eigenvalue weighted by Gasteiger charge is 2.35. The Morgan fingerprint density at radius 2 is 2.06 bits per heavy atom. The zero-order valence-electron chi connectivity index (χ0n) is 10.9. The van der Waals surface area contributed by atoms with Gasteiger partial charge in [0.1, 0.15) is 0 Å². The van der Waals surface area contributed by atoms with Gasteiger partial charge in [0, 0.05) is 12.5 Å². The molecule has 1 unspecified atom stereocenters. The number of allylic oxidation sites excluding steroid dienone is 1. The average molecular weight is 236 g/mol. The van der Waals surface area contributed by atoms with Crippen LogP contribution in [0.25, 0.3) is 0 Å². The Hall–Kier alpha value is -0.670. The van der Waals surface area contributed by atoms with Gasteiger partial charge in [-0.15, -0.1) is 0 Å². The SMILES string of the molecule is C=C(C)CC(=O)C1CCCN1C1CCNCC1. The highest BCUT2D eigenvalue weighted by atomic mass is 16.1.